The number of hydrogen-bond donors (Lipinski definition) is 2. The first-order valence-corrected chi connectivity index (χ1v) is 14.1. The van der Waals surface area contributed by atoms with Crippen LogP contribution >= 0.6 is 0 Å². The van der Waals surface area contributed by atoms with Crippen LogP contribution in [0.1, 0.15) is 64.5 Å². The average Bonchev–Trinajstić information content (AvgIpc) is 3.37. The molecule has 3 N–H and O–H groups in total. The van der Waals surface area contributed by atoms with Crippen LogP contribution in [0.3, 0.4) is 0 Å². The summed E-state index contributed by atoms with van der Waals surface area (Å²) in [5, 5.41) is 9.45. The van der Waals surface area contributed by atoms with E-state index in [1.165, 1.54) is 19.1 Å². The smallest absolute Gasteiger partial charge is 0.479 e. The number of ether oxygens (including phenoxy) is 4. The first-order valence-electron chi connectivity index (χ1n) is 14.1. The summed E-state index contributed by atoms with van der Waals surface area (Å²) in [5.41, 5.74) is 0.766. The van der Waals surface area contributed by atoms with Crippen molar-refractivity contribution in [1.29, 1.82) is 0 Å². The van der Waals surface area contributed by atoms with Crippen LogP contribution < -0.4 is 5.73 Å². The van der Waals surface area contributed by atoms with Crippen molar-refractivity contribution in [3.63, 3.8) is 0 Å². The highest BCUT2D eigenvalue weighted by molar-refractivity contribution is 5.91. The Morgan fingerprint density at radius 3 is 2.29 bits per heavy atom. The molecule has 1 aromatic carbocycles. The van der Waals surface area contributed by atoms with Crippen LogP contribution in [0.5, 0.6) is 0 Å². The number of alkyl halides is 4. The minimum absolute atomic E-state index is 0.139. The van der Waals surface area contributed by atoms with Crippen LogP contribution in [-0.4, -0.2) is 52.9 Å². The van der Waals surface area contributed by atoms with E-state index in [-0.39, 0.29) is 31.0 Å². The zero-order valence-electron chi connectivity index (χ0n) is 23.9. The summed E-state index contributed by atoms with van der Waals surface area (Å²) in [5.74, 6) is -4.88. The van der Waals surface area contributed by atoms with E-state index in [0.29, 0.717) is 17.9 Å². The molecule has 4 rings (SSSR count). The molecule has 0 saturated heterocycles. The predicted molar refractivity (Wildman–Crippen MR) is 138 cm³/mol. The Hall–Kier alpha value is -2.93. The average molecular weight is 604 g/mol. The normalized spacial score (nSPS) is 34.8. The molecule has 0 bridgehead atoms. The predicted octanol–water partition coefficient (Wildman–Crippen LogP) is 5.23. The highest BCUT2D eigenvalue weighted by atomic mass is 19.4. The summed E-state index contributed by atoms with van der Waals surface area (Å²) in [6, 6.07) is 4.09. The zero-order valence-corrected chi connectivity index (χ0v) is 23.9. The van der Waals surface area contributed by atoms with Crippen molar-refractivity contribution >= 4 is 18.1 Å². The third-order valence-electron chi connectivity index (χ3n) is 8.96. The van der Waals surface area contributed by atoms with Gasteiger partial charge in [-0.05, 0) is 54.7 Å². The molecule has 13 heteroatoms. The molecule has 3 saturated carbocycles. The Kier molecular flexibility index (Phi) is 8.86. The van der Waals surface area contributed by atoms with E-state index >= 15 is 4.39 Å². The van der Waals surface area contributed by atoms with Gasteiger partial charge in [-0.1, -0.05) is 39.3 Å². The lowest BCUT2D eigenvalue weighted by Crippen LogP contribution is -2.61. The number of rotatable bonds is 9. The summed E-state index contributed by atoms with van der Waals surface area (Å²) < 4.78 is 75.6. The van der Waals surface area contributed by atoms with E-state index in [1.54, 1.807) is 0 Å². The number of esters is 1. The Morgan fingerprint density at radius 1 is 1.07 bits per heavy atom. The second-order valence-corrected chi connectivity index (χ2v) is 12.1. The molecule has 0 heterocycles. The van der Waals surface area contributed by atoms with Crippen molar-refractivity contribution in [2.45, 2.75) is 95.9 Å². The SMILES string of the molecule is CC(C)[C@@H]1CC[C@@H](C)C[C@H]1OC(=O)O[C@H](C)OC(=O)[C@@]1(N)[C@H]2[C@@H](C[C@H]1OCc1ccc(C(F)(F)F)cc1)[C@]2(F)C(=O)O. The van der Waals surface area contributed by atoms with Gasteiger partial charge in [0.2, 0.25) is 12.0 Å². The largest absolute Gasteiger partial charge is 0.511 e. The van der Waals surface area contributed by atoms with Crippen LogP contribution in [0.25, 0.3) is 0 Å². The fourth-order valence-electron chi connectivity index (χ4n) is 6.60. The van der Waals surface area contributed by atoms with Crippen LogP contribution in [0.2, 0.25) is 0 Å². The number of carbonyl (C=O) groups is 3. The summed E-state index contributed by atoms with van der Waals surface area (Å²) in [6.07, 6.45) is -6.36. The molecule has 3 aliphatic carbocycles. The first-order chi connectivity index (χ1) is 19.5. The molecule has 9 nitrogen and oxygen atoms in total. The molecule has 42 heavy (non-hydrogen) atoms. The van der Waals surface area contributed by atoms with Crippen molar-refractivity contribution in [3.8, 4) is 0 Å². The molecule has 0 amide bonds. The molecule has 0 unspecified atom stereocenters. The van der Waals surface area contributed by atoms with Crippen LogP contribution in [0, 0.1) is 29.6 Å². The minimum Gasteiger partial charge on any atom is -0.479 e. The van der Waals surface area contributed by atoms with Crippen molar-refractivity contribution in [3.05, 3.63) is 35.4 Å². The highest BCUT2D eigenvalue weighted by Crippen LogP contribution is 2.67. The number of carbonyl (C=O) groups excluding carboxylic acids is 2. The summed E-state index contributed by atoms with van der Waals surface area (Å²) in [4.78, 5) is 37.5. The number of carboxylic acid groups (broad SMARTS) is 1. The van der Waals surface area contributed by atoms with Crippen LogP contribution in [0.4, 0.5) is 22.4 Å². The Bertz CT molecular complexity index is 1180. The lowest BCUT2D eigenvalue weighted by atomic mass is 9.75. The third kappa shape index (κ3) is 6.08. The molecule has 0 aliphatic heterocycles. The van der Waals surface area contributed by atoms with Gasteiger partial charge in [0, 0.05) is 18.8 Å². The van der Waals surface area contributed by atoms with E-state index in [1.807, 2.05) is 13.8 Å². The van der Waals surface area contributed by atoms with Crippen molar-refractivity contribution in [1.82, 2.24) is 0 Å². The Morgan fingerprint density at radius 2 is 1.71 bits per heavy atom. The van der Waals surface area contributed by atoms with Gasteiger partial charge in [-0.15, -0.1) is 0 Å². The number of hydrogen-bond acceptors (Lipinski definition) is 8. The highest BCUT2D eigenvalue weighted by Gasteiger charge is 2.85. The number of nitrogens with two attached hydrogens (primary N) is 1. The van der Waals surface area contributed by atoms with Gasteiger partial charge < -0.3 is 29.8 Å². The topological polar surface area (TPSA) is 134 Å². The Labute approximate surface area is 241 Å². The molecule has 0 spiro atoms. The zero-order chi connectivity index (χ0) is 31.2. The summed E-state index contributed by atoms with van der Waals surface area (Å²) >= 11 is 0. The van der Waals surface area contributed by atoms with Gasteiger partial charge in [-0.3, -0.25) is 0 Å². The lowest BCUT2D eigenvalue weighted by molar-refractivity contribution is -0.184. The van der Waals surface area contributed by atoms with E-state index in [0.717, 1.165) is 25.0 Å². The van der Waals surface area contributed by atoms with Crippen molar-refractivity contribution in [2.75, 3.05) is 0 Å². The van der Waals surface area contributed by atoms with Gasteiger partial charge in [0.25, 0.3) is 0 Å². The molecule has 3 aliphatic rings. The maximum Gasteiger partial charge on any atom is 0.511 e. The maximum absolute atomic E-state index is 15.3. The van der Waals surface area contributed by atoms with Gasteiger partial charge in [0.15, 0.2) is 0 Å². The number of carboxylic acids is 1. The molecule has 234 valence electrons. The molecule has 1 aromatic rings. The molecule has 9 atom stereocenters. The quantitative estimate of drug-likeness (QED) is 0.221. The second kappa shape index (κ2) is 11.6. The number of fused-ring (bicyclic) bond motifs is 1. The van der Waals surface area contributed by atoms with Gasteiger partial charge >= 0.3 is 24.3 Å². The Balaban J connectivity index is 1.41. The lowest BCUT2D eigenvalue weighted by Gasteiger charge is -2.36. The summed E-state index contributed by atoms with van der Waals surface area (Å²) in [6.45, 7) is 7.10. The molecular weight excluding hydrogens is 566 g/mol. The number of halogens is 4. The van der Waals surface area contributed by atoms with E-state index in [2.05, 4.69) is 6.92 Å². The van der Waals surface area contributed by atoms with Crippen LogP contribution in [-0.2, 0) is 41.3 Å². The maximum atomic E-state index is 15.3. The molecule has 3 fully saturated rings. The van der Waals surface area contributed by atoms with E-state index in [4.69, 9.17) is 24.7 Å². The van der Waals surface area contributed by atoms with Gasteiger partial charge in [-0.2, -0.15) is 13.2 Å². The van der Waals surface area contributed by atoms with Gasteiger partial charge in [-0.25, -0.2) is 18.8 Å². The fourth-order valence-corrected chi connectivity index (χ4v) is 6.60. The van der Waals surface area contributed by atoms with E-state index < -0.39 is 65.3 Å². The molecule has 0 radical (unpaired) electrons. The summed E-state index contributed by atoms with van der Waals surface area (Å²) in [7, 11) is 0. The number of aliphatic carboxylic acids is 1. The van der Waals surface area contributed by atoms with Crippen molar-refractivity contribution < 1.29 is 56.0 Å². The number of benzene rings is 1. The minimum atomic E-state index is -4.53. The molecule has 0 aromatic heterocycles. The first kappa shape index (κ1) is 32.0. The standard InChI is InChI=1S/C29H37F4NO8/c1-14(2)19-10-5-15(3)11-21(19)42-26(38)41-16(4)40-25(37)28(34)22(12-20-23(28)27(20,30)24(35)36)39-13-17-6-8-18(9-7-17)29(31,32)33/h6-9,14-16,19-23H,5,10-13,34H2,1-4H3,(H,35,36)/t15-,16-,19+,20-,21-,22-,23+,27-,28+/m1/s1. The van der Waals surface area contributed by atoms with Gasteiger partial charge in [0.1, 0.15) is 11.6 Å². The third-order valence-corrected chi connectivity index (χ3v) is 8.96. The monoisotopic (exact) mass is 603 g/mol. The fraction of sp³-hybridized carbons (Fsp3) is 0.690. The van der Waals surface area contributed by atoms with E-state index in [9.17, 15) is 32.7 Å². The van der Waals surface area contributed by atoms with Crippen LogP contribution in [0.15, 0.2) is 24.3 Å². The van der Waals surface area contributed by atoms with Gasteiger partial charge in [0.05, 0.1) is 18.3 Å². The van der Waals surface area contributed by atoms with Crippen molar-refractivity contribution in [2.24, 2.45) is 35.3 Å². The molecular formula is C29H37F4NO8. The second-order valence-electron chi connectivity index (χ2n) is 12.1.